The van der Waals surface area contributed by atoms with Crippen LogP contribution >= 0.6 is 0 Å². The lowest BCUT2D eigenvalue weighted by atomic mass is 10.1. The van der Waals surface area contributed by atoms with Crippen molar-refractivity contribution >= 4 is 11.6 Å². The van der Waals surface area contributed by atoms with Gasteiger partial charge in [-0.25, -0.2) is 4.39 Å². The Balaban J connectivity index is 1.58. The summed E-state index contributed by atoms with van der Waals surface area (Å²) in [4.78, 5) is 18.6. The number of hydrogen-bond acceptors (Lipinski definition) is 3. The first kappa shape index (κ1) is 15.5. The van der Waals surface area contributed by atoms with E-state index >= 15 is 0 Å². The molecule has 0 atom stereocenters. The molecule has 0 saturated carbocycles. The van der Waals surface area contributed by atoms with Gasteiger partial charge in [0.05, 0.1) is 17.4 Å². The molecule has 23 heavy (non-hydrogen) atoms. The molecule has 0 aliphatic carbocycles. The monoisotopic (exact) mass is 313 g/mol. The molecule has 2 aromatic rings. The van der Waals surface area contributed by atoms with Crippen molar-refractivity contribution in [3.05, 3.63) is 59.7 Å². The van der Waals surface area contributed by atoms with Crippen molar-refractivity contribution in [2.24, 2.45) is 0 Å². The molecule has 120 valence electrons. The van der Waals surface area contributed by atoms with Crippen LogP contribution in [0.3, 0.4) is 0 Å². The van der Waals surface area contributed by atoms with Gasteiger partial charge in [0.2, 0.25) is 0 Å². The Bertz CT molecular complexity index is 683. The van der Waals surface area contributed by atoms with Crippen LogP contribution in [0.2, 0.25) is 0 Å². The van der Waals surface area contributed by atoms with Crippen LogP contribution in [0.1, 0.15) is 28.8 Å². The van der Waals surface area contributed by atoms with E-state index in [1.807, 2.05) is 6.07 Å². The number of hydrogen-bond donors (Lipinski definition) is 1. The maximum absolute atomic E-state index is 13.5. The molecule has 1 N–H and O–H groups in total. The summed E-state index contributed by atoms with van der Waals surface area (Å²) < 4.78 is 13.5. The van der Waals surface area contributed by atoms with Gasteiger partial charge < -0.3 is 10.2 Å². The van der Waals surface area contributed by atoms with E-state index in [0.29, 0.717) is 24.1 Å². The summed E-state index contributed by atoms with van der Waals surface area (Å²) >= 11 is 0. The van der Waals surface area contributed by atoms with Gasteiger partial charge in [-0.3, -0.25) is 9.78 Å². The molecule has 3 rings (SSSR count). The van der Waals surface area contributed by atoms with Crippen LogP contribution in [0.5, 0.6) is 0 Å². The van der Waals surface area contributed by atoms with Gasteiger partial charge in [-0.15, -0.1) is 0 Å². The van der Waals surface area contributed by atoms with E-state index in [1.54, 1.807) is 30.6 Å². The molecule has 5 heteroatoms. The zero-order valence-electron chi connectivity index (χ0n) is 13.0. The van der Waals surface area contributed by atoms with Crippen molar-refractivity contribution < 1.29 is 9.18 Å². The fourth-order valence-corrected chi connectivity index (χ4v) is 2.81. The van der Waals surface area contributed by atoms with E-state index in [1.165, 1.54) is 18.9 Å². The largest absolute Gasteiger partial charge is 0.370 e. The summed E-state index contributed by atoms with van der Waals surface area (Å²) in [5, 5.41) is 2.83. The third-order valence-corrected chi connectivity index (χ3v) is 4.09. The van der Waals surface area contributed by atoms with Crippen LogP contribution in [0, 0.1) is 5.82 Å². The van der Waals surface area contributed by atoms with Gasteiger partial charge in [-0.2, -0.15) is 0 Å². The van der Waals surface area contributed by atoms with E-state index in [-0.39, 0.29) is 11.7 Å². The first-order valence-electron chi connectivity index (χ1n) is 7.95. The number of nitrogens with one attached hydrogen (secondary N) is 1. The number of nitrogens with zero attached hydrogens (tertiary/aromatic N) is 2. The van der Waals surface area contributed by atoms with Gasteiger partial charge in [0.1, 0.15) is 5.82 Å². The highest BCUT2D eigenvalue weighted by molar-refractivity contribution is 5.94. The minimum Gasteiger partial charge on any atom is -0.370 e. The van der Waals surface area contributed by atoms with Crippen molar-refractivity contribution in [2.75, 3.05) is 24.5 Å². The molecule has 1 amide bonds. The molecule has 0 bridgehead atoms. The summed E-state index contributed by atoms with van der Waals surface area (Å²) in [6.07, 6.45) is 6.19. The number of amides is 1. The zero-order chi connectivity index (χ0) is 16.1. The predicted octanol–water partition coefficient (Wildman–Crippen LogP) is 2.79. The molecule has 1 aliphatic heterocycles. The molecular formula is C18H20FN3O. The van der Waals surface area contributed by atoms with Crippen LogP contribution in [0.4, 0.5) is 10.1 Å². The Morgan fingerprint density at radius 2 is 2.00 bits per heavy atom. The van der Waals surface area contributed by atoms with Gasteiger partial charge in [-0.1, -0.05) is 18.2 Å². The summed E-state index contributed by atoms with van der Waals surface area (Å²) in [5.41, 5.74) is 2.14. The van der Waals surface area contributed by atoms with Crippen molar-refractivity contribution in [2.45, 2.75) is 19.3 Å². The molecule has 1 aliphatic rings. The van der Waals surface area contributed by atoms with Crippen molar-refractivity contribution in [1.82, 2.24) is 10.3 Å². The molecule has 2 heterocycles. The first-order valence-corrected chi connectivity index (χ1v) is 7.95. The van der Waals surface area contributed by atoms with E-state index in [4.69, 9.17) is 0 Å². The van der Waals surface area contributed by atoms with Gasteiger partial charge in [0.25, 0.3) is 5.91 Å². The Labute approximate surface area is 135 Å². The summed E-state index contributed by atoms with van der Waals surface area (Å²) in [6, 6.07) is 8.49. The van der Waals surface area contributed by atoms with E-state index in [9.17, 15) is 9.18 Å². The van der Waals surface area contributed by atoms with Crippen LogP contribution in [0.25, 0.3) is 0 Å². The fraction of sp³-hybridized carbons (Fsp3) is 0.333. The average Bonchev–Trinajstić information content (AvgIpc) is 3.11. The van der Waals surface area contributed by atoms with Crippen LogP contribution in [0.15, 0.2) is 42.7 Å². The summed E-state index contributed by atoms with van der Waals surface area (Å²) in [7, 11) is 0. The Kier molecular flexibility index (Phi) is 4.86. The molecule has 1 aromatic heterocycles. The highest BCUT2D eigenvalue weighted by atomic mass is 19.1. The van der Waals surface area contributed by atoms with E-state index in [2.05, 4.69) is 15.2 Å². The SMILES string of the molecule is O=C(NCCc1ccccc1F)c1cncc(N2CCCC2)c1. The van der Waals surface area contributed by atoms with Crippen LogP contribution < -0.4 is 10.2 Å². The minimum absolute atomic E-state index is 0.171. The normalized spacial score (nSPS) is 14.0. The number of halogens is 1. The number of pyridine rings is 1. The van der Waals surface area contributed by atoms with Crippen molar-refractivity contribution in [3.63, 3.8) is 0 Å². The second-order valence-electron chi connectivity index (χ2n) is 5.72. The molecule has 0 spiro atoms. The lowest BCUT2D eigenvalue weighted by Gasteiger charge is -2.17. The summed E-state index contributed by atoms with van der Waals surface area (Å²) in [6.45, 7) is 2.42. The molecule has 0 radical (unpaired) electrons. The Morgan fingerprint density at radius 3 is 2.78 bits per heavy atom. The van der Waals surface area contributed by atoms with Crippen LogP contribution in [-0.2, 0) is 6.42 Å². The van der Waals surface area contributed by atoms with E-state index in [0.717, 1.165) is 18.8 Å². The fourth-order valence-electron chi connectivity index (χ4n) is 2.81. The van der Waals surface area contributed by atoms with Gasteiger partial charge in [0.15, 0.2) is 0 Å². The average molecular weight is 313 g/mol. The highest BCUT2D eigenvalue weighted by Gasteiger charge is 2.14. The topological polar surface area (TPSA) is 45.2 Å². The Morgan fingerprint density at radius 1 is 1.22 bits per heavy atom. The molecule has 4 nitrogen and oxygen atoms in total. The number of carbonyl (C=O) groups excluding carboxylic acids is 1. The predicted molar refractivity (Wildman–Crippen MR) is 88.1 cm³/mol. The number of aromatic nitrogens is 1. The van der Waals surface area contributed by atoms with Gasteiger partial charge in [-0.05, 0) is 37.0 Å². The maximum atomic E-state index is 13.5. The summed E-state index contributed by atoms with van der Waals surface area (Å²) in [5.74, 6) is -0.408. The number of anilines is 1. The van der Waals surface area contributed by atoms with Crippen molar-refractivity contribution in [1.29, 1.82) is 0 Å². The second kappa shape index (κ2) is 7.22. The number of rotatable bonds is 5. The maximum Gasteiger partial charge on any atom is 0.252 e. The van der Waals surface area contributed by atoms with Crippen molar-refractivity contribution in [3.8, 4) is 0 Å². The quantitative estimate of drug-likeness (QED) is 0.923. The highest BCUT2D eigenvalue weighted by Crippen LogP contribution is 2.19. The number of benzene rings is 1. The lowest BCUT2D eigenvalue weighted by Crippen LogP contribution is -2.26. The van der Waals surface area contributed by atoms with E-state index < -0.39 is 0 Å². The standard InChI is InChI=1S/C18H20FN3O/c19-17-6-2-1-5-14(17)7-8-21-18(23)15-11-16(13-20-12-15)22-9-3-4-10-22/h1-2,5-6,11-13H,3-4,7-10H2,(H,21,23). The molecule has 1 aromatic carbocycles. The molecule has 1 fully saturated rings. The molecular weight excluding hydrogens is 293 g/mol. The lowest BCUT2D eigenvalue weighted by molar-refractivity contribution is 0.0953. The van der Waals surface area contributed by atoms with Gasteiger partial charge >= 0.3 is 0 Å². The second-order valence-corrected chi connectivity index (χ2v) is 5.72. The first-order chi connectivity index (χ1) is 11.2. The zero-order valence-corrected chi connectivity index (χ0v) is 13.0. The Hall–Kier alpha value is -2.43. The third kappa shape index (κ3) is 3.86. The number of carbonyl (C=O) groups is 1. The third-order valence-electron chi connectivity index (χ3n) is 4.09. The van der Waals surface area contributed by atoms with Crippen LogP contribution in [-0.4, -0.2) is 30.5 Å². The molecule has 0 unspecified atom stereocenters. The van der Waals surface area contributed by atoms with Gasteiger partial charge in [0, 0.05) is 25.8 Å². The smallest absolute Gasteiger partial charge is 0.252 e. The molecule has 1 saturated heterocycles. The minimum atomic E-state index is -0.237.